The SMILES string of the molecule is CCN(CC(=O)O)C1CC(NCC(C)C)C1. The smallest absolute Gasteiger partial charge is 0.317 e. The van der Waals surface area contributed by atoms with Gasteiger partial charge in [0.2, 0.25) is 0 Å². The fraction of sp³-hybridized carbons (Fsp3) is 0.917. The van der Waals surface area contributed by atoms with Crippen molar-refractivity contribution in [1.29, 1.82) is 0 Å². The van der Waals surface area contributed by atoms with E-state index in [1.54, 1.807) is 0 Å². The van der Waals surface area contributed by atoms with Crippen LogP contribution in [-0.2, 0) is 4.79 Å². The predicted molar refractivity (Wildman–Crippen MR) is 64.5 cm³/mol. The van der Waals surface area contributed by atoms with Crippen LogP contribution in [0.4, 0.5) is 0 Å². The zero-order chi connectivity index (χ0) is 12.1. The molecule has 1 saturated carbocycles. The second-order valence-corrected chi connectivity index (χ2v) is 5.08. The van der Waals surface area contributed by atoms with Crippen LogP contribution in [0.25, 0.3) is 0 Å². The molecule has 2 N–H and O–H groups in total. The average molecular weight is 228 g/mol. The van der Waals surface area contributed by atoms with Gasteiger partial charge in [-0.05, 0) is 31.8 Å². The third-order valence-electron chi connectivity index (χ3n) is 3.19. The van der Waals surface area contributed by atoms with Crippen LogP contribution in [0, 0.1) is 5.92 Å². The van der Waals surface area contributed by atoms with Gasteiger partial charge in [-0.25, -0.2) is 0 Å². The molecule has 0 heterocycles. The zero-order valence-electron chi connectivity index (χ0n) is 10.6. The molecule has 0 aromatic heterocycles. The van der Waals surface area contributed by atoms with Crippen molar-refractivity contribution in [1.82, 2.24) is 10.2 Å². The maximum Gasteiger partial charge on any atom is 0.317 e. The largest absolute Gasteiger partial charge is 0.480 e. The molecule has 0 aromatic carbocycles. The Bertz CT molecular complexity index is 225. The summed E-state index contributed by atoms with van der Waals surface area (Å²) >= 11 is 0. The lowest BCUT2D eigenvalue weighted by Crippen LogP contribution is -2.54. The van der Waals surface area contributed by atoms with Crippen LogP contribution >= 0.6 is 0 Å². The molecule has 0 aromatic rings. The molecule has 0 bridgehead atoms. The average Bonchev–Trinajstić information content (AvgIpc) is 2.12. The van der Waals surface area contributed by atoms with Crippen LogP contribution in [-0.4, -0.2) is 47.7 Å². The van der Waals surface area contributed by atoms with Gasteiger partial charge in [-0.2, -0.15) is 0 Å². The first kappa shape index (κ1) is 13.5. The number of nitrogens with one attached hydrogen (secondary N) is 1. The molecule has 4 nitrogen and oxygen atoms in total. The Balaban J connectivity index is 2.20. The van der Waals surface area contributed by atoms with Crippen molar-refractivity contribution in [2.24, 2.45) is 5.92 Å². The molecule has 0 spiro atoms. The number of rotatable bonds is 7. The maximum atomic E-state index is 10.7. The van der Waals surface area contributed by atoms with Crippen molar-refractivity contribution in [3.8, 4) is 0 Å². The third-order valence-corrected chi connectivity index (χ3v) is 3.19. The Hall–Kier alpha value is -0.610. The number of likely N-dealkylation sites (N-methyl/N-ethyl adjacent to an activating group) is 1. The lowest BCUT2D eigenvalue weighted by atomic mass is 9.85. The van der Waals surface area contributed by atoms with Crippen LogP contribution < -0.4 is 5.32 Å². The highest BCUT2D eigenvalue weighted by Gasteiger charge is 2.33. The Labute approximate surface area is 98.0 Å². The first-order chi connectivity index (χ1) is 7.52. The molecule has 1 aliphatic rings. The van der Waals surface area contributed by atoms with E-state index in [0.717, 1.165) is 25.9 Å². The van der Waals surface area contributed by atoms with E-state index in [1.165, 1.54) is 0 Å². The number of carbonyl (C=O) groups is 1. The van der Waals surface area contributed by atoms with Crippen LogP contribution in [0.3, 0.4) is 0 Å². The Morgan fingerprint density at radius 3 is 2.56 bits per heavy atom. The highest BCUT2D eigenvalue weighted by atomic mass is 16.4. The quantitative estimate of drug-likeness (QED) is 0.687. The molecule has 0 amide bonds. The second kappa shape index (κ2) is 6.21. The van der Waals surface area contributed by atoms with Gasteiger partial charge in [0.15, 0.2) is 0 Å². The van der Waals surface area contributed by atoms with E-state index in [4.69, 9.17) is 5.11 Å². The van der Waals surface area contributed by atoms with Crippen molar-refractivity contribution >= 4 is 5.97 Å². The second-order valence-electron chi connectivity index (χ2n) is 5.08. The van der Waals surface area contributed by atoms with E-state index in [-0.39, 0.29) is 6.54 Å². The molecule has 0 radical (unpaired) electrons. The number of hydrogen-bond donors (Lipinski definition) is 2. The van der Waals surface area contributed by atoms with E-state index in [1.807, 2.05) is 6.92 Å². The number of carboxylic acids is 1. The molecule has 0 aliphatic heterocycles. The molecule has 1 aliphatic carbocycles. The minimum atomic E-state index is -0.722. The Kier molecular flexibility index (Phi) is 5.22. The highest BCUT2D eigenvalue weighted by Crippen LogP contribution is 2.25. The maximum absolute atomic E-state index is 10.7. The fourth-order valence-corrected chi connectivity index (χ4v) is 2.13. The van der Waals surface area contributed by atoms with Gasteiger partial charge in [-0.3, -0.25) is 9.69 Å². The van der Waals surface area contributed by atoms with Crippen molar-refractivity contribution in [3.63, 3.8) is 0 Å². The fourth-order valence-electron chi connectivity index (χ4n) is 2.13. The lowest BCUT2D eigenvalue weighted by molar-refractivity contribution is -0.139. The molecule has 94 valence electrons. The van der Waals surface area contributed by atoms with E-state index in [2.05, 4.69) is 24.1 Å². The zero-order valence-corrected chi connectivity index (χ0v) is 10.6. The summed E-state index contributed by atoms with van der Waals surface area (Å²) in [6, 6.07) is 1.06. The van der Waals surface area contributed by atoms with Crippen molar-refractivity contribution in [2.45, 2.75) is 45.7 Å². The molecular formula is C12H24N2O2. The summed E-state index contributed by atoms with van der Waals surface area (Å²) in [5.41, 5.74) is 0. The molecule has 0 saturated heterocycles. The van der Waals surface area contributed by atoms with Gasteiger partial charge in [0, 0.05) is 12.1 Å². The van der Waals surface area contributed by atoms with Gasteiger partial charge in [-0.15, -0.1) is 0 Å². The van der Waals surface area contributed by atoms with E-state index in [0.29, 0.717) is 18.0 Å². The van der Waals surface area contributed by atoms with Gasteiger partial charge in [-0.1, -0.05) is 20.8 Å². The van der Waals surface area contributed by atoms with Crippen LogP contribution in [0.2, 0.25) is 0 Å². The normalized spacial score (nSPS) is 24.8. The molecule has 0 unspecified atom stereocenters. The minimum Gasteiger partial charge on any atom is -0.480 e. The van der Waals surface area contributed by atoms with Gasteiger partial charge in [0.25, 0.3) is 0 Å². The van der Waals surface area contributed by atoms with Gasteiger partial charge in [0.05, 0.1) is 6.54 Å². The van der Waals surface area contributed by atoms with E-state index >= 15 is 0 Å². The van der Waals surface area contributed by atoms with Gasteiger partial charge < -0.3 is 10.4 Å². The summed E-state index contributed by atoms with van der Waals surface area (Å²) in [4.78, 5) is 12.7. The molecule has 1 rings (SSSR count). The lowest BCUT2D eigenvalue weighted by Gasteiger charge is -2.42. The summed E-state index contributed by atoms with van der Waals surface area (Å²) in [6.45, 7) is 8.49. The topological polar surface area (TPSA) is 52.6 Å². The number of hydrogen-bond acceptors (Lipinski definition) is 3. The summed E-state index contributed by atoms with van der Waals surface area (Å²) < 4.78 is 0. The van der Waals surface area contributed by atoms with E-state index in [9.17, 15) is 4.79 Å². The predicted octanol–water partition coefficient (Wildman–Crippen LogP) is 1.17. The van der Waals surface area contributed by atoms with Gasteiger partial charge in [0.1, 0.15) is 0 Å². The molecule has 0 atom stereocenters. The van der Waals surface area contributed by atoms with Crippen molar-refractivity contribution < 1.29 is 9.90 Å². The Morgan fingerprint density at radius 1 is 1.50 bits per heavy atom. The summed E-state index contributed by atoms with van der Waals surface area (Å²) in [5, 5.41) is 12.3. The van der Waals surface area contributed by atoms with Crippen LogP contribution in [0.5, 0.6) is 0 Å². The summed E-state index contributed by atoms with van der Waals surface area (Å²) in [7, 11) is 0. The molecule has 16 heavy (non-hydrogen) atoms. The minimum absolute atomic E-state index is 0.179. The van der Waals surface area contributed by atoms with Crippen molar-refractivity contribution in [3.05, 3.63) is 0 Å². The standard InChI is InChI=1S/C12H24N2O2/c1-4-14(8-12(15)16)11-5-10(6-11)13-7-9(2)3/h9-11,13H,4-8H2,1-3H3,(H,15,16). The molecule has 4 heteroatoms. The van der Waals surface area contributed by atoms with Crippen LogP contribution in [0.1, 0.15) is 33.6 Å². The third kappa shape index (κ3) is 4.10. The number of aliphatic carboxylic acids is 1. The molecule has 1 fully saturated rings. The number of carboxylic acid groups (broad SMARTS) is 1. The highest BCUT2D eigenvalue weighted by molar-refractivity contribution is 5.69. The van der Waals surface area contributed by atoms with E-state index < -0.39 is 5.97 Å². The monoisotopic (exact) mass is 228 g/mol. The first-order valence-corrected chi connectivity index (χ1v) is 6.22. The first-order valence-electron chi connectivity index (χ1n) is 6.22. The van der Waals surface area contributed by atoms with Crippen molar-refractivity contribution in [2.75, 3.05) is 19.6 Å². The number of nitrogens with zero attached hydrogens (tertiary/aromatic N) is 1. The van der Waals surface area contributed by atoms with Crippen LogP contribution in [0.15, 0.2) is 0 Å². The molecular weight excluding hydrogens is 204 g/mol. The summed E-state index contributed by atoms with van der Waals surface area (Å²) in [5.74, 6) is -0.0409. The Morgan fingerprint density at radius 2 is 2.12 bits per heavy atom. The van der Waals surface area contributed by atoms with Gasteiger partial charge >= 0.3 is 5.97 Å². The summed E-state index contributed by atoms with van der Waals surface area (Å²) in [6.07, 6.45) is 2.18.